The van der Waals surface area contributed by atoms with E-state index < -0.39 is 11.5 Å². The van der Waals surface area contributed by atoms with Crippen LogP contribution in [0.4, 0.5) is 0 Å². The Labute approximate surface area is 126 Å². The van der Waals surface area contributed by atoms with Crippen molar-refractivity contribution in [1.82, 2.24) is 0 Å². The Morgan fingerprint density at radius 1 is 1.29 bits per heavy atom. The van der Waals surface area contributed by atoms with Crippen molar-refractivity contribution in [3.63, 3.8) is 0 Å². The van der Waals surface area contributed by atoms with Crippen LogP contribution in [-0.4, -0.2) is 16.8 Å². The summed E-state index contributed by atoms with van der Waals surface area (Å²) >= 11 is 10.0. The molecule has 0 fully saturated rings. The molecular formula is C11H14Br3NO2. The van der Waals surface area contributed by atoms with Crippen LogP contribution in [0.3, 0.4) is 0 Å². The van der Waals surface area contributed by atoms with Gasteiger partial charge in [-0.2, -0.15) is 0 Å². The lowest BCUT2D eigenvalue weighted by Crippen LogP contribution is -2.33. The van der Waals surface area contributed by atoms with Gasteiger partial charge >= 0.3 is 0 Å². The molecule has 4 N–H and O–H groups in total. The molecule has 0 saturated heterocycles. The highest BCUT2D eigenvalue weighted by atomic mass is 79.9. The van der Waals surface area contributed by atoms with Crippen LogP contribution < -0.4 is 5.73 Å². The van der Waals surface area contributed by atoms with E-state index in [0.717, 1.165) is 10.0 Å². The number of benzene rings is 1. The van der Waals surface area contributed by atoms with Gasteiger partial charge in [0.2, 0.25) is 0 Å². The van der Waals surface area contributed by atoms with E-state index >= 15 is 0 Å². The zero-order valence-electron chi connectivity index (χ0n) is 9.47. The molecule has 1 aromatic rings. The van der Waals surface area contributed by atoms with Crippen LogP contribution in [0.25, 0.3) is 0 Å². The third kappa shape index (κ3) is 3.04. The van der Waals surface area contributed by atoms with E-state index in [1.165, 1.54) is 0 Å². The molecule has 0 radical (unpaired) electrons. The minimum Gasteiger partial charge on any atom is -0.506 e. The summed E-state index contributed by atoms with van der Waals surface area (Å²) in [4.78, 5) is 0. The fourth-order valence-electron chi connectivity index (χ4n) is 1.37. The van der Waals surface area contributed by atoms with Crippen molar-refractivity contribution in [2.75, 3.05) is 6.61 Å². The summed E-state index contributed by atoms with van der Waals surface area (Å²) in [5.41, 5.74) is 6.42. The van der Waals surface area contributed by atoms with Crippen LogP contribution in [0.2, 0.25) is 0 Å². The van der Waals surface area contributed by atoms with E-state index in [0.29, 0.717) is 8.95 Å². The second-order valence-electron chi connectivity index (χ2n) is 4.54. The van der Waals surface area contributed by atoms with Gasteiger partial charge in [-0.15, -0.1) is 0 Å². The number of hydrogen-bond acceptors (Lipinski definition) is 3. The van der Waals surface area contributed by atoms with Gasteiger partial charge in [0.15, 0.2) is 0 Å². The monoisotopic (exact) mass is 429 g/mol. The number of rotatable bonds is 3. The number of aliphatic hydroxyl groups is 1. The first-order valence-electron chi connectivity index (χ1n) is 4.95. The van der Waals surface area contributed by atoms with Crippen molar-refractivity contribution < 1.29 is 10.2 Å². The van der Waals surface area contributed by atoms with Gasteiger partial charge in [0, 0.05) is 28.1 Å². The van der Waals surface area contributed by atoms with Crippen LogP contribution in [0, 0.1) is 5.41 Å². The van der Waals surface area contributed by atoms with Crippen molar-refractivity contribution >= 4 is 47.8 Å². The van der Waals surface area contributed by atoms with Gasteiger partial charge in [0.05, 0.1) is 8.95 Å². The standard InChI is InChI=1S/C11H14Br3NO2/c1-11(2,4-16)10(15)7-5(12)3-6(13)9(17)8(7)14/h3,10,16-17H,4,15H2,1-2H3/t10-/m0/s1. The third-order valence-electron chi connectivity index (χ3n) is 2.74. The smallest absolute Gasteiger partial charge is 0.144 e. The van der Waals surface area contributed by atoms with Crippen LogP contribution in [0.15, 0.2) is 19.5 Å². The number of phenols is 1. The predicted octanol–water partition coefficient (Wildman–Crippen LogP) is 3.70. The number of aliphatic hydroxyl groups excluding tert-OH is 1. The quantitative estimate of drug-likeness (QED) is 0.683. The highest BCUT2D eigenvalue weighted by molar-refractivity contribution is 9.11. The molecule has 96 valence electrons. The summed E-state index contributed by atoms with van der Waals surface area (Å²) in [7, 11) is 0. The Hall–Kier alpha value is 0.380. The molecule has 0 aliphatic carbocycles. The van der Waals surface area contributed by atoms with Crippen LogP contribution in [0.5, 0.6) is 5.75 Å². The number of aromatic hydroxyl groups is 1. The average Bonchev–Trinajstić information content (AvgIpc) is 2.26. The lowest BCUT2D eigenvalue weighted by molar-refractivity contribution is 0.131. The van der Waals surface area contributed by atoms with Crippen LogP contribution in [-0.2, 0) is 0 Å². The van der Waals surface area contributed by atoms with Gasteiger partial charge in [-0.3, -0.25) is 0 Å². The molecule has 0 aliphatic rings. The summed E-state index contributed by atoms with van der Waals surface area (Å²) in [6.45, 7) is 3.70. The maximum Gasteiger partial charge on any atom is 0.144 e. The van der Waals surface area contributed by atoms with Gasteiger partial charge in [-0.05, 0) is 37.9 Å². The normalized spacial score (nSPS) is 13.8. The molecule has 0 spiro atoms. The minimum absolute atomic E-state index is 0.0378. The highest BCUT2D eigenvalue weighted by Crippen LogP contribution is 2.45. The van der Waals surface area contributed by atoms with E-state index in [2.05, 4.69) is 47.8 Å². The molecule has 0 bridgehead atoms. The Bertz CT molecular complexity index is 435. The van der Waals surface area contributed by atoms with E-state index in [4.69, 9.17) is 5.73 Å². The third-order valence-corrected chi connectivity index (χ3v) is 4.81. The molecule has 0 heterocycles. The lowest BCUT2D eigenvalue weighted by atomic mass is 9.82. The van der Waals surface area contributed by atoms with Crippen LogP contribution >= 0.6 is 47.8 Å². The first-order chi connectivity index (χ1) is 7.72. The Kier molecular flexibility index (Phi) is 5.06. The SMILES string of the molecule is CC(C)(CO)[C@@H](N)c1c(Br)cc(Br)c(O)c1Br. The number of nitrogens with two attached hydrogens (primary N) is 1. The second-order valence-corrected chi connectivity index (χ2v) is 7.04. The summed E-state index contributed by atoms with van der Waals surface area (Å²) in [5, 5.41) is 19.2. The van der Waals surface area contributed by atoms with Gasteiger partial charge in [-0.1, -0.05) is 29.8 Å². The molecule has 0 saturated carbocycles. The zero-order valence-corrected chi connectivity index (χ0v) is 14.2. The van der Waals surface area contributed by atoms with Crippen molar-refractivity contribution in [2.45, 2.75) is 19.9 Å². The molecule has 0 aliphatic heterocycles. The van der Waals surface area contributed by atoms with Crippen LogP contribution in [0.1, 0.15) is 25.5 Å². The Morgan fingerprint density at radius 3 is 2.29 bits per heavy atom. The Balaban J connectivity index is 3.37. The van der Waals surface area contributed by atoms with Gasteiger partial charge in [0.1, 0.15) is 5.75 Å². The molecule has 0 aromatic heterocycles. The van der Waals surface area contributed by atoms with Gasteiger partial charge < -0.3 is 15.9 Å². The minimum atomic E-state index is -0.481. The largest absolute Gasteiger partial charge is 0.506 e. The molecule has 0 amide bonds. The first-order valence-corrected chi connectivity index (χ1v) is 7.33. The molecular weight excluding hydrogens is 418 g/mol. The van der Waals surface area contributed by atoms with E-state index in [1.807, 2.05) is 13.8 Å². The number of halogens is 3. The molecule has 0 unspecified atom stereocenters. The topological polar surface area (TPSA) is 66.5 Å². The van der Waals surface area contributed by atoms with Crippen molar-refractivity contribution in [1.29, 1.82) is 0 Å². The average molecular weight is 432 g/mol. The van der Waals surface area contributed by atoms with E-state index in [9.17, 15) is 10.2 Å². The van der Waals surface area contributed by atoms with Crippen molar-refractivity contribution in [2.24, 2.45) is 11.1 Å². The number of hydrogen-bond donors (Lipinski definition) is 3. The molecule has 1 aromatic carbocycles. The molecule has 1 rings (SSSR count). The number of phenolic OH excluding ortho intramolecular Hbond substituents is 1. The maximum absolute atomic E-state index is 9.87. The molecule has 17 heavy (non-hydrogen) atoms. The van der Waals surface area contributed by atoms with Gasteiger partial charge in [0.25, 0.3) is 0 Å². The molecule has 1 atom stereocenters. The van der Waals surface area contributed by atoms with Gasteiger partial charge in [-0.25, -0.2) is 0 Å². The maximum atomic E-state index is 9.87. The predicted molar refractivity (Wildman–Crippen MR) is 79.0 cm³/mol. The summed E-state index contributed by atoms with van der Waals surface area (Å²) < 4.78 is 1.89. The molecule has 3 nitrogen and oxygen atoms in total. The Morgan fingerprint density at radius 2 is 1.82 bits per heavy atom. The van der Waals surface area contributed by atoms with Crippen molar-refractivity contribution in [3.05, 3.63) is 25.0 Å². The molecule has 6 heteroatoms. The van der Waals surface area contributed by atoms with Crippen molar-refractivity contribution in [3.8, 4) is 5.75 Å². The fraction of sp³-hybridized carbons (Fsp3) is 0.455. The zero-order chi connectivity index (χ0) is 13.4. The highest BCUT2D eigenvalue weighted by Gasteiger charge is 2.31. The summed E-state index contributed by atoms with van der Waals surface area (Å²) in [6.07, 6.45) is 0. The summed E-state index contributed by atoms with van der Waals surface area (Å²) in [6, 6.07) is 1.33. The lowest BCUT2D eigenvalue weighted by Gasteiger charge is -2.31. The second kappa shape index (κ2) is 5.57. The van der Waals surface area contributed by atoms with E-state index in [-0.39, 0.29) is 12.4 Å². The first kappa shape index (κ1) is 15.4. The summed E-state index contributed by atoms with van der Waals surface area (Å²) in [5.74, 6) is 0.104. The fourth-order valence-corrected chi connectivity index (χ4v) is 3.98. The van der Waals surface area contributed by atoms with E-state index in [1.54, 1.807) is 6.07 Å².